The lowest BCUT2D eigenvalue weighted by Crippen LogP contribution is -2.27. The van der Waals surface area contributed by atoms with Gasteiger partial charge in [0.2, 0.25) is 0 Å². The van der Waals surface area contributed by atoms with Crippen LogP contribution in [-0.4, -0.2) is 50.3 Å². The molecule has 0 heterocycles. The molecule has 0 aromatic heterocycles. The van der Waals surface area contributed by atoms with Crippen LogP contribution in [0.2, 0.25) is 0 Å². The Bertz CT molecular complexity index is 291. The monoisotopic (exact) mass is 371 g/mol. The first-order valence-corrected chi connectivity index (χ1v) is 14.4. The molecule has 25 heavy (non-hydrogen) atoms. The average Bonchev–Trinajstić information content (AvgIpc) is 2.56. The molecule has 0 saturated heterocycles. The van der Waals surface area contributed by atoms with Gasteiger partial charge in [-0.05, 0) is 64.8 Å². The van der Waals surface area contributed by atoms with E-state index in [2.05, 4.69) is 38.4 Å². The Morgan fingerprint density at radius 1 is 0.560 bits per heavy atom. The molecule has 0 aliphatic carbocycles. The maximum atomic E-state index is 4.35. The summed E-state index contributed by atoms with van der Waals surface area (Å²) in [5, 5.41) is 0. The third-order valence-corrected chi connectivity index (χ3v) is 6.67. The summed E-state index contributed by atoms with van der Waals surface area (Å²) in [5.74, 6) is 0. The van der Waals surface area contributed by atoms with Gasteiger partial charge in [0.15, 0.2) is 0 Å². The quantitative estimate of drug-likeness (QED) is 0.168. The van der Waals surface area contributed by atoms with Crippen LogP contribution in [0.25, 0.3) is 0 Å². The highest BCUT2D eigenvalue weighted by Crippen LogP contribution is 2.35. The molecule has 0 fully saturated rings. The van der Waals surface area contributed by atoms with E-state index in [-0.39, 0.29) is 0 Å². The zero-order valence-corrected chi connectivity index (χ0v) is 19.2. The van der Waals surface area contributed by atoms with Gasteiger partial charge in [-0.15, -0.1) is 13.2 Å². The van der Waals surface area contributed by atoms with Crippen LogP contribution in [0, 0.1) is 0 Å². The van der Waals surface area contributed by atoms with Crippen LogP contribution in [-0.2, 0) is 0 Å². The van der Waals surface area contributed by atoms with Crippen LogP contribution in [0.4, 0.5) is 0 Å². The molecule has 0 spiro atoms. The maximum Gasteiger partial charge on any atom is -0.00186 e. The number of rotatable bonds is 19. The Morgan fingerprint density at radius 3 is 1.32 bits per heavy atom. The Kier molecular flexibility index (Phi) is 17.8. The molecule has 2 heteroatoms. The lowest BCUT2D eigenvalue weighted by molar-refractivity contribution is 0.256. The van der Waals surface area contributed by atoms with E-state index in [1.54, 1.807) is 0 Å². The van der Waals surface area contributed by atoms with E-state index in [1.807, 2.05) is 0 Å². The Labute approximate surface area is 161 Å². The Hall–Kier alpha value is 0.260. The molecule has 0 aromatic carbocycles. The van der Waals surface area contributed by atoms with Gasteiger partial charge in [-0.2, -0.15) is 0 Å². The zero-order valence-electron chi connectivity index (χ0n) is 18.3. The topological polar surface area (TPSA) is 3.24 Å². The van der Waals surface area contributed by atoms with E-state index in [0.29, 0.717) is 0 Å². The number of hydrogen-bond donors (Lipinski definition) is 0. The fraction of sp³-hybridized carbons (Fsp3) is 0.957. The molecule has 0 rings (SSSR count). The Morgan fingerprint density at radius 2 is 0.920 bits per heavy atom. The molecule has 0 bridgehead atoms. The van der Waals surface area contributed by atoms with Crippen LogP contribution in [0.5, 0.6) is 0 Å². The van der Waals surface area contributed by atoms with Crippen molar-refractivity contribution in [2.24, 2.45) is 0 Å². The van der Waals surface area contributed by atoms with E-state index < -0.39 is 6.89 Å². The second-order valence-corrected chi connectivity index (χ2v) is 13.1. The summed E-state index contributed by atoms with van der Waals surface area (Å²) >= 11 is 0. The summed E-state index contributed by atoms with van der Waals surface area (Å²) in [6.07, 6.45) is 25.5. The van der Waals surface area contributed by atoms with Crippen molar-refractivity contribution in [3.63, 3.8) is 0 Å². The number of nitrogens with zero attached hydrogens (tertiary/aromatic N) is 1. The van der Waals surface area contributed by atoms with Gasteiger partial charge < -0.3 is 4.90 Å². The second kappa shape index (κ2) is 17.7. The first-order valence-electron chi connectivity index (χ1n) is 11.4. The van der Waals surface area contributed by atoms with Crippen LogP contribution >= 0.6 is 6.89 Å². The van der Waals surface area contributed by atoms with Gasteiger partial charge in [0, 0.05) is 0 Å². The van der Waals surface area contributed by atoms with E-state index in [4.69, 9.17) is 0 Å². The summed E-state index contributed by atoms with van der Waals surface area (Å²) < 4.78 is 0. The van der Waals surface area contributed by atoms with Crippen molar-refractivity contribution in [2.45, 2.75) is 104 Å². The highest BCUT2D eigenvalue weighted by molar-refractivity contribution is 7.72. The fourth-order valence-electron chi connectivity index (χ4n) is 3.44. The van der Waals surface area contributed by atoms with Crippen LogP contribution in [0.3, 0.4) is 0 Å². The largest absolute Gasteiger partial charge is 0.303 e. The predicted octanol–water partition coefficient (Wildman–Crippen LogP) is 7.50. The number of unbranched alkanes of at least 4 members (excludes halogenated alkanes) is 11. The summed E-state index contributed by atoms with van der Waals surface area (Å²) in [5.41, 5.74) is 0. The molecule has 0 N–H and O–H groups in total. The van der Waals surface area contributed by atoms with E-state index in [1.165, 1.54) is 116 Å². The van der Waals surface area contributed by atoms with Gasteiger partial charge >= 0.3 is 0 Å². The van der Waals surface area contributed by atoms with Crippen molar-refractivity contribution in [1.29, 1.82) is 0 Å². The summed E-state index contributed by atoms with van der Waals surface area (Å²) in [6, 6.07) is 0. The van der Waals surface area contributed by atoms with Crippen molar-refractivity contribution >= 4 is 13.2 Å². The molecule has 0 amide bonds. The molecular formula is C23H50NP. The fourth-order valence-corrected chi connectivity index (χ4v) is 4.52. The van der Waals surface area contributed by atoms with E-state index in [0.717, 1.165) is 0 Å². The lowest BCUT2D eigenvalue weighted by Gasteiger charge is -2.23. The van der Waals surface area contributed by atoms with Crippen molar-refractivity contribution in [1.82, 2.24) is 4.90 Å². The summed E-state index contributed by atoms with van der Waals surface area (Å²) in [7, 11) is 0. The molecule has 0 saturated carbocycles. The van der Waals surface area contributed by atoms with Crippen LogP contribution < -0.4 is 0 Å². The maximum absolute atomic E-state index is 4.35. The smallest absolute Gasteiger partial charge is 0.00186 e. The summed E-state index contributed by atoms with van der Waals surface area (Å²) in [4.78, 5) is 2.77. The molecule has 0 aliphatic rings. The highest BCUT2D eigenvalue weighted by atomic mass is 31.2. The first kappa shape index (κ1) is 25.3. The van der Waals surface area contributed by atoms with Crippen molar-refractivity contribution in [3.8, 4) is 0 Å². The lowest BCUT2D eigenvalue weighted by atomic mass is 10.1. The van der Waals surface area contributed by atoms with Crippen LogP contribution in [0.15, 0.2) is 0 Å². The molecule has 0 aliphatic heterocycles. The molecule has 0 radical (unpaired) electrons. The zero-order chi connectivity index (χ0) is 18.8. The third-order valence-electron chi connectivity index (χ3n) is 5.14. The molecule has 0 aromatic rings. The van der Waals surface area contributed by atoms with E-state index >= 15 is 0 Å². The van der Waals surface area contributed by atoms with Gasteiger partial charge in [0.1, 0.15) is 0 Å². The number of hydrogen-bond acceptors (Lipinski definition) is 1. The van der Waals surface area contributed by atoms with Crippen molar-refractivity contribution < 1.29 is 0 Å². The van der Waals surface area contributed by atoms with E-state index in [9.17, 15) is 0 Å². The van der Waals surface area contributed by atoms with Gasteiger partial charge in [-0.3, -0.25) is 0 Å². The van der Waals surface area contributed by atoms with Gasteiger partial charge in [-0.25, -0.2) is 0 Å². The minimum absolute atomic E-state index is 0.818. The Balaban J connectivity index is 3.89. The highest BCUT2D eigenvalue weighted by Gasteiger charge is 2.06. The minimum Gasteiger partial charge on any atom is -0.303 e. The first-order chi connectivity index (χ1) is 12.0. The molecule has 1 nitrogen and oxygen atoms in total. The standard InChI is InChI=1S/C23H50NP/c1-6-8-10-12-14-16-20-24(21-17-15-13-11-9-7-2)22-18-19-23-25(3,4)5/h3,6-23H2,1-2,4-5H3. The summed E-state index contributed by atoms with van der Waals surface area (Å²) in [6.45, 7) is 12.5. The molecule has 0 atom stereocenters. The van der Waals surface area contributed by atoms with Crippen molar-refractivity contribution in [2.75, 3.05) is 39.1 Å². The SMILES string of the molecule is C=P(C)(C)CCCCN(CCCCCCCC)CCCCCCCC. The van der Waals surface area contributed by atoms with Crippen LogP contribution in [0.1, 0.15) is 104 Å². The van der Waals surface area contributed by atoms with Gasteiger partial charge in [0.25, 0.3) is 0 Å². The third kappa shape index (κ3) is 20.4. The van der Waals surface area contributed by atoms with Gasteiger partial charge in [0.05, 0.1) is 0 Å². The molecule has 0 unspecified atom stereocenters. The minimum atomic E-state index is -0.818. The molecular weight excluding hydrogens is 321 g/mol. The normalized spacial score (nSPS) is 12.2. The average molecular weight is 372 g/mol. The predicted molar refractivity (Wildman–Crippen MR) is 123 cm³/mol. The molecule has 152 valence electrons. The van der Waals surface area contributed by atoms with Crippen molar-refractivity contribution in [3.05, 3.63) is 0 Å². The van der Waals surface area contributed by atoms with Gasteiger partial charge in [-0.1, -0.05) is 78.1 Å². The second-order valence-electron chi connectivity index (χ2n) is 8.74.